The van der Waals surface area contributed by atoms with Crippen molar-refractivity contribution in [2.75, 3.05) is 6.54 Å². The summed E-state index contributed by atoms with van der Waals surface area (Å²) in [6, 6.07) is 8.57. The maximum Gasteiger partial charge on any atom is 0.188 e. The number of nitrogens with one attached hydrogen (secondary N) is 1. The van der Waals surface area contributed by atoms with Crippen molar-refractivity contribution in [2.24, 2.45) is 10.7 Å². The van der Waals surface area contributed by atoms with Gasteiger partial charge in [-0.2, -0.15) is 0 Å². The second kappa shape index (κ2) is 7.17. The average Bonchev–Trinajstić information content (AvgIpc) is 2.95. The Balaban J connectivity index is 2.14. The van der Waals surface area contributed by atoms with Crippen LogP contribution in [0.3, 0.4) is 0 Å². The Morgan fingerprint density at radius 2 is 2.14 bits per heavy atom. The van der Waals surface area contributed by atoms with Crippen LogP contribution in [0.15, 0.2) is 29.3 Å². The molecule has 0 radical (unpaired) electrons. The number of hydrogen-bond donors (Lipinski definition) is 2. The molecule has 0 heterocycles. The first-order valence-corrected chi connectivity index (χ1v) is 8.26. The molecule has 1 aliphatic rings. The highest BCUT2D eigenvalue weighted by molar-refractivity contribution is 6.30. The van der Waals surface area contributed by atoms with Gasteiger partial charge in [0, 0.05) is 16.5 Å². The van der Waals surface area contributed by atoms with Crippen LogP contribution in [-0.2, 0) is 5.41 Å². The van der Waals surface area contributed by atoms with Crippen LogP contribution in [0.25, 0.3) is 0 Å². The lowest BCUT2D eigenvalue weighted by atomic mass is 9.79. The minimum Gasteiger partial charge on any atom is -0.370 e. The summed E-state index contributed by atoms with van der Waals surface area (Å²) in [6.07, 6.45) is 5.86. The Bertz CT molecular complexity index is 493. The Labute approximate surface area is 133 Å². The maximum atomic E-state index is 6.16. The van der Waals surface area contributed by atoms with Gasteiger partial charge in [-0.05, 0) is 43.9 Å². The van der Waals surface area contributed by atoms with E-state index >= 15 is 0 Å². The van der Waals surface area contributed by atoms with E-state index in [1.54, 1.807) is 0 Å². The van der Waals surface area contributed by atoms with E-state index in [2.05, 4.69) is 36.3 Å². The summed E-state index contributed by atoms with van der Waals surface area (Å²) in [5.41, 5.74) is 7.41. The van der Waals surface area contributed by atoms with E-state index in [1.807, 2.05) is 12.1 Å². The van der Waals surface area contributed by atoms with Crippen LogP contribution in [0.4, 0.5) is 0 Å². The summed E-state index contributed by atoms with van der Waals surface area (Å²) in [5.74, 6) is 0.553. The molecule has 0 aromatic heterocycles. The van der Waals surface area contributed by atoms with Gasteiger partial charge in [0.15, 0.2) is 5.96 Å². The minimum atomic E-state index is 0.104. The largest absolute Gasteiger partial charge is 0.370 e. The number of hydrogen-bond acceptors (Lipinski definition) is 1. The fourth-order valence-electron chi connectivity index (χ4n) is 3.04. The quantitative estimate of drug-likeness (QED) is 0.641. The van der Waals surface area contributed by atoms with E-state index in [0.717, 1.165) is 30.8 Å². The van der Waals surface area contributed by atoms with E-state index in [-0.39, 0.29) is 5.41 Å². The van der Waals surface area contributed by atoms with Gasteiger partial charge in [0.05, 0.1) is 6.54 Å². The molecule has 1 aromatic rings. The SMILES string of the molecule is CCC(C)NC(N)=NCC1(c2cccc(Cl)c2)CCCC1. The number of guanidine groups is 1. The molecule has 1 fully saturated rings. The molecule has 3 N–H and O–H groups in total. The third-order valence-corrected chi connectivity index (χ3v) is 4.79. The van der Waals surface area contributed by atoms with E-state index in [4.69, 9.17) is 17.3 Å². The zero-order valence-electron chi connectivity index (χ0n) is 13.0. The van der Waals surface area contributed by atoms with Gasteiger partial charge in [-0.25, -0.2) is 0 Å². The Morgan fingerprint density at radius 1 is 1.43 bits per heavy atom. The van der Waals surface area contributed by atoms with Crippen LogP contribution in [0.2, 0.25) is 5.02 Å². The maximum absolute atomic E-state index is 6.16. The fraction of sp³-hybridized carbons (Fsp3) is 0.588. The molecule has 0 aliphatic heterocycles. The lowest BCUT2D eigenvalue weighted by molar-refractivity contribution is 0.452. The molecule has 21 heavy (non-hydrogen) atoms. The van der Waals surface area contributed by atoms with Crippen molar-refractivity contribution in [3.05, 3.63) is 34.9 Å². The summed E-state index contributed by atoms with van der Waals surface area (Å²) in [6.45, 7) is 4.99. The lowest BCUT2D eigenvalue weighted by Crippen LogP contribution is -2.39. The molecule has 1 unspecified atom stereocenters. The number of nitrogens with zero attached hydrogens (tertiary/aromatic N) is 1. The standard InChI is InChI=1S/C17H26ClN3/c1-3-13(2)21-16(19)20-12-17(9-4-5-10-17)14-7-6-8-15(18)11-14/h6-8,11,13H,3-5,9-10,12H2,1-2H3,(H3,19,20,21). The Hall–Kier alpha value is -1.22. The first-order chi connectivity index (χ1) is 10.1. The number of aliphatic imine (C=N–C) groups is 1. The first-order valence-electron chi connectivity index (χ1n) is 7.88. The smallest absolute Gasteiger partial charge is 0.188 e. The molecule has 116 valence electrons. The van der Waals surface area contributed by atoms with Crippen LogP contribution >= 0.6 is 11.6 Å². The van der Waals surface area contributed by atoms with E-state index in [0.29, 0.717) is 12.0 Å². The van der Waals surface area contributed by atoms with Gasteiger partial charge >= 0.3 is 0 Å². The molecule has 0 saturated heterocycles. The molecule has 0 bridgehead atoms. The molecule has 3 nitrogen and oxygen atoms in total. The van der Waals surface area contributed by atoms with Gasteiger partial charge < -0.3 is 11.1 Å². The zero-order valence-corrected chi connectivity index (χ0v) is 13.8. The molecule has 0 spiro atoms. The van der Waals surface area contributed by atoms with Crippen LogP contribution < -0.4 is 11.1 Å². The van der Waals surface area contributed by atoms with Crippen molar-refractivity contribution in [1.29, 1.82) is 0 Å². The van der Waals surface area contributed by atoms with E-state index in [1.165, 1.54) is 18.4 Å². The van der Waals surface area contributed by atoms with Gasteiger partial charge in [0.1, 0.15) is 0 Å². The predicted octanol–water partition coefficient (Wildman–Crippen LogP) is 3.85. The summed E-state index contributed by atoms with van der Waals surface area (Å²) in [7, 11) is 0. The van der Waals surface area contributed by atoms with Crippen LogP contribution in [0.5, 0.6) is 0 Å². The van der Waals surface area contributed by atoms with Gasteiger partial charge in [0.2, 0.25) is 0 Å². The summed E-state index contributed by atoms with van der Waals surface area (Å²) in [5, 5.41) is 4.03. The van der Waals surface area contributed by atoms with Crippen molar-refractivity contribution >= 4 is 17.6 Å². The van der Waals surface area contributed by atoms with Crippen LogP contribution in [0, 0.1) is 0 Å². The van der Waals surface area contributed by atoms with E-state index < -0.39 is 0 Å². The summed E-state index contributed by atoms with van der Waals surface area (Å²) < 4.78 is 0. The van der Waals surface area contributed by atoms with E-state index in [9.17, 15) is 0 Å². The van der Waals surface area contributed by atoms with Crippen molar-refractivity contribution in [3.63, 3.8) is 0 Å². The van der Waals surface area contributed by atoms with Gasteiger partial charge in [-0.3, -0.25) is 4.99 Å². The fourth-order valence-corrected chi connectivity index (χ4v) is 3.24. The molecule has 1 saturated carbocycles. The highest BCUT2D eigenvalue weighted by Gasteiger charge is 2.35. The van der Waals surface area contributed by atoms with Gasteiger partial charge in [0.25, 0.3) is 0 Å². The zero-order chi connectivity index (χ0) is 15.3. The van der Waals surface area contributed by atoms with Gasteiger partial charge in [-0.1, -0.05) is 43.5 Å². The lowest BCUT2D eigenvalue weighted by Gasteiger charge is -2.28. The number of benzene rings is 1. The average molecular weight is 308 g/mol. The Kier molecular flexibility index (Phi) is 5.51. The molecule has 0 amide bonds. The van der Waals surface area contributed by atoms with Crippen LogP contribution in [-0.4, -0.2) is 18.5 Å². The minimum absolute atomic E-state index is 0.104. The van der Waals surface area contributed by atoms with Crippen molar-refractivity contribution in [3.8, 4) is 0 Å². The monoisotopic (exact) mass is 307 g/mol. The number of nitrogens with two attached hydrogens (primary N) is 1. The topological polar surface area (TPSA) is 50.4 Å². The first kappa shape index (κ1) is 16.2. The molecule has 4 heteroatoms. The second-order valence-electron chi connectivity index (χ2n) is 6.15. The molecular weight excluding hydrogens is 282 g/mol. The normalized spacial score (nSPS) is 19.5. The second-order valence-corrected chi connectivity index (χ2v) is 6.59. The molecule has 1 aliphatic carbocycles. The van der Waals surface area contributed by atoms with Crippen molar-refractivity contribution in [1.82, 2.24) is 5.32 Å². The number of halogens is 1. The molecule has 2 rings (SSSR count). The van der Waals surface area contributed by atoms with Crippen LogP contribution in [0.1, 0.15) is 51.5 Å². The molecule has 1 atom stereocenters. The summed E-state index contributed by atoms with van der Waals surface area (Å²) in [4.78, 5) is 4.61. The third kappa shape index (κ3) is 4.13. The van der Waals surface area contributed by atoms with Crippen molar-refractivity contribution in [2.45, 2.75) is 57.4 Å². The molecule has 1 aromatic carbocycles. The number of rotatable bonds is 5. The third-order valence-electron chi connectivity index (χ3n) is 4.56. The van der Waals surface area contributed by atoms with Gasteiger partial charge in [-0.15, -0.1) is 0 Å². The Morgan fingerprint density at radius 3 is 2.76 bits per heavy atom. The van der Waals surface area contributed by atoms with Crippen molar-refractivity contribution < 1.29 is 0 Å². The highest BCUT2D eigenvalue weighted by atomic mass is 35.5. The predicted molar refractivity (Wildman–Crippen MR) is 91.0 cm³/mol. The highest BCUT2D eigenvalue weighted by Crippen LogP contribution is 2.42. The molecular formula is C17H26ClN3. The summed E-state index contributed by atoms with van der Waals surface area (Å²) >= 11 is 6.16.